The molecule has 2 N–H and O–H groups in total. The predicted octanol–water partition coefficient (Wildman–Crippen LogP) is 6.52. The number of carbonyl (C=O) groups is 3. The molecule has 11 nitrogen and oxygen atoms in total. The summed E-state index contributed by atoms with van der Waals surface area (Å²) in [5.74, 6) is -1.04. The minimum Gasteiger partial charge on any atom is -0.406 e. The van der Waals surface area contributed by atoms with Crippen LogP contribution in [0, 0.1) is 6.92 Å². The Morgan fingerprint density at radius 3 is 2.31 bits per heavy atom. The van der Waals surface area contributed by atoms with Crippen molar-refractivity contribution >= 4 is 51.8 Å². The summed E-state index contributed by atoms with van der Waals surface area (Å²) in [5, 5.41) is 9.65. The number of nitrogens with zero attached hydrogens (tertiary/aromatic N) is 5. The Labute approximate surface area is 259 Å². The van der Waals surface area contributed by atoms with Gasteiger partial charge >= 0.3 is 12.4 Å². The van der Waals surface area contributed by atoms with Crippen LogP contribution in [0.2, 0.25) is 0 Å². The summed E-state index contributed by atoms with van der Waals surface area (Å²) < 4.78 is 42.2. The quantitative estimate of drug-likeness (QED) is 0.236. The summed E-state index contributed by atoms with van der Waals surface area (Å²) in [5.41, 5.74) is 3.81. The number of carbonyl (C=O) groups excluding carboxylic acids is 3. The maximum atomic E-state index is 12.8. The average molecular weight is 638 g/mol. The van der Waals surface area contributed by atoms with Crippen molar-refractivity contribution in [3.05, 3.63) is 90.0 Å². The summed E-state index contributed by atoms with van der Waals surface area (Å²) >= 11 is 1.19. The van der Waals surface area contributed by atoms with E-state index in [1.807, 2.05) is 39.0 Å². The zero-order valence-electron chi connectivity index (χ0n) is 24.1. The summed E-state index contributed by atoms with van der Waals surface area (Å²) in [6.07, 6.45) is -3.56. The van der Waals surface area contributed by atoms with Crippen molar-refractivity contribution in [2.75, 3.05) is 21.3 Å². The van der Waals surface area contributed by atoms with E-state index in [1.54, 1.807) is 24.3 Å². The Balaban J connectivity index is 1.21. The highest BCUT2D eigenvalue weighted by Gasteiger charge is 2.33. The molecule has 1 aromatic heterocycles. The van der Waals surface area contributed by atoms with Crippen LogP contribution >= 0.6 is 11.8 Å². The number of aromatic nitrogens is 3. The minimum absolute atomic E-state index is 0.155. The zero-order chi connectivity index (χ0) is 32.3. The molecule has 1 saturated heterocycles. The van der Waals surface area contributed by atoms with Crippen molar-refractivity contribution in [1.82, 2.24) is 14.8 Å². The lowest BCUT2D eigenvalue weighted by Gasteiger charge is -2.22. The van der Waals surface area contributed by atoms with Crippen molar-refractivity contribution in [3.63, 3.8) is 0 Å². The second-order valence-corrected chi connectivity index (χ2v) is 11.1. The molecule has 15 heteroatoms. The van der Waals surface area contributed by atoms with Crippen LogP contribution in [0.3, 0.4) is 0 Å². The number of aliphatic imine (C=N–C) groups is 1. The first-order chi connectivity index (χ1) is 21.4. The maximum Gasteiger partial charge on any atom is 0.573 e. The maximum absolute atomic E-state index is 12.8. The number of hydrogen-bond acceptors (Lipinski definition) is 7. The number of rotatable bonds is 7. The van der Waals surface area contributed by atoms with E-state index < -0.39 is 24.1 Å². The second-order valence-electron chi connectivity index (χ2n) is 10.1. The van der Waals surface area contributed by atoms with Gasteiger partial charge in [-0.1, -0.05) is 37.7 Å². The fourth-order valence-electron chi connectivity index (χ4n) is 4.37. The van der Waals surface area contributed by atoms with Crippen molar-refractivity contribution in [2.24, 2.45) is 4.99 Å². The van der Waals surface area contributed by atoms with Gasteiger partial charge in [0, 0.05) is 11.4 Å². The van der Waals surface area contributed by atoms with Gasteiger partial charge in [0.2, 0.25) is 11.7 Å². The van der Waals surface area contributed by atoms with Gasteiger partial charge in [0.15, 0.2) is 5.17 Å². The molecule has 0 atom stereocenters. The van der Waals surface area contributed by atoms with Gasteiger partial charge in [0.05, 0.1) is 17.1 Å². The molecule has 4 amide bonds. The molecule has 1 aliphatic rings. The topological polar surface area (TPSA) is 131 Å². The van der Waals surface area contributed by atoms with Gasteiger partial charge in [-0.2, -0.15) is 4.99 Å². The van der Waals surface area contributed by atoms with Gasteiger partial charge in [0.25, 0.3) is 5.91 Å². The van der Waals surface area contributed by atoms with Gasteiger partial charge in [-0.05, 0) is 78.6 Å². The number of anilines is 3. The lowest BCUT2D eigenvalue weighted by molar-refractivity contribution is -0.274. The van der Waals surface area contributed by atoms with Crippen molar-refractivity contribution in [1.29, 1.82) is 0 Å². The fraction of sp³-hybridized carbons (Fsp3) is 0.200. The van der Waals surface area contributed by atoms with E-state index in [-0.39, 0.29) is 28.6 Å². The molecule has 0 saturated carbocycles. The number of hydrogen-bond donors (Lipinski definition) is 2. The fourth-order valence-corrected chi connectivity index (χ4v) is 5.23. The molecule has 1 aliphatic heterocycles. The molecule has 45 heavy (non-hydrogen) atoms. The van der Waals surface area contributed by atoms with E-state index >= 15 is 0 Å². The molecule has 232 valence electrons. The minimum atomic E-state index is -4.81. The standard InChI is InChI=1S/C30H26F3N7O4S/c1-17(2)23-13-4-18(3)14-24(23)40-25(41)15-45-29(40)37-28(43)36-20-7-5-19(6-8-20)35-27(42)26-34-16-39(38-26)21-9-11-22(12-10-21)44-30(31,32)33/h4-14,16-17H,15H2,1-3H3,(H,35,42)(H,36,43). The molecule has 5 rings (SSSR count). The molecule has 0 spiro atoms. The third kappa shape index (κ3) is 7.67. The van der Waals surface area contributed by atoms with E-state index in [0.29, 0.717) is 22.7 Å². The second kappa shape index (κ2) is 12.8. The number of thioether (sulfide) groups is 1. The first-order valence-electron chi connectivity index (χ1n) is 13.5. The number of aryl methyl sites for hydroxylation is 1. The third-order valence-electron chi connectivity index (χ3n) is 6.44. The van der Waals surface area contributed by atoms with Crippen molar-refractivity contribution in [2.45, 2.75) is 33.1 Å². The summed E-state index contributed by atoms with van der Waals surface area (Å²) in [6, 6.07) is 16.3. The molecule has 3 aromatic carbocycles. The van der Waals surface area contributed by atoms with E-state index in [0.717, 1.165) is 23.3 Å². The number of nitrogens with one attached hydrogen (secondary N) is 2. The summed E-state index contributed by atoms with van der Waals surface area (Å²) in [4.78, 5) is 47.8. The monoisotopic (exact) mass is 637 g/mol. The first kappa shape index (κ1) is 31.3. The molecule has 2 heterocycles. The first-order valence-corrected chi connectivity index (χ1v) is 14.5. The molecule has 0 unspecified atom stereocenters. The van der Waals surface area contributed by atoms with E-state index in [9.17, 15) is 27.6 Å². The van der Waals surface area contributed by atoms with Crippen LogP contribution in [-0.2, 0) is 4.79 Å². The van der Waals surface area contributed by atoms with Gasteiger partial charge in [-0.3, -0.25) is 14.5 Å². The normalized spacial score (nSPS) is 14.2. The molecule has 1 fully saturated rings. The smallest absolute Gasteiger partial charge is 0.406 e. The summed E-state index contributed by atoms with van der Waals surface area (Å²) in [6.45, 7) is 6.00. The molecule has 0 bridgehead atoms. The number of benzene rings is 3. The molecule has 4 aromatic rings. The molecular formula is C30H26F3N7O4S. The van der Waals surface area contributed by atoms with Crippen LogP contribution in [0.1, 0.15) is 41.5 Å². The number of halogens is 3. The van der Waals surface area contributed by atoms with E-state index in [1.165, 1.54) is 39.8 Å². The van der Waals surface area contributed by atoms with Crippen LogP contribution < -0.4 is 20.3 Å². The average Bonchev–Trinajstić information content (AvgIpc) is 3.60. The SMILES string of the molecule is Cc1ccc(C(C)C)c(N2C(=O)CSC2=NC(=O)Nc2ccc(NC(=O)c3ncn(-c4ccc(OC(F)(F)F)cc4)n3)cc2)c1. The molecule has 0 aliphatic carbocycles. The Bertz CT molecular complexity index is 1770. The highest BCUT2D eigenvalue weighted by molar-refractivity contribution is 8.15. The number of amidine groups is 1. The van der Waals surface area contributed by atoms with Crippen molar-refractivity contribution in [3.8, 4) is 11.4 Å². The lowest BCUT2D eigenvalue weighted by atomic mass is 9.99. The van der Waals surface area contributed by atoms with Crippen LogP contribution in [0.15, 0.2) is 78.0 Å². The van der Waals surface area contributed by atoms with Gasteiger partial charge in [0.1, 0.15) is 12.1 Å². The Morgan fingerprint density at radius 1 is 1.00 bits per heavy atom. The summed E-state index contributed by atoms with van der Waals surface area (Å²) in [7, 11) is 0. The van der Waals surface area contributed by atoms with Gasteiger partial charge in [-0.15, -0.1) is 18.3 Å². The van der Waals surface area contributed by atoms with Crippen LogP contribution in [0.5, 0.6) is 5.75 Å². The number of ether oxygens (including phenoxy) is 1. The van der Waals surface area contributed by atoms with Crippen LogP contribution in [0.25, 0.3) is 5.69 Å². The van der Waals surface area contributed by atoms with Crippen molar-refractivity contribution < 1.29 is 32.3 Å². The highest BCUT2D eigenvalue weighted by Crippen LogP contribution is 2.34. The zero-order valence-corrected chi connectivity index (χ0v) is 24.9. The molecular weight excluding hydrogens is 611 g/mol. The van der Waals surface area contributed by atoms with Crippen LogP contribution in [0.4, 0.5) is 35.0 Å². The Kier molecular flexibility index (Phi) is 8.90. The Hall–Kier alpha value is -5.18. The van der Waals surface area contributed by atoms with Crippen LogP contribution in [-0.4, -0.2) is 49.9 Å². The number of amides is 4. The Morgan fingerprint density at radius 2 is 1.67 bits per heavy atom. The van der Waals surface area contributed by atoms with Gasteiger partial charge in [-0.25, -0.2) is 14.5 Å². The third-order valence-corrected chi connectivity index (χ3v) is 7.36. The lowest BCUT2D eigenvalue weighted by Crippen LogP contribution is -2.31. The highest BCUT2D eigenvalue weighted by atomic mass is 32.2. The molecule has 0 radical (unpaired) electrons. The van der Waals surface area contributed by atoms with Gasteiger partial charge < -0.3 is 15.4 Å². The van der Waals surface area contributed by atoms with E-state index in [2.05, 4.69) is 30.4 Å². The number of urea groups is 1. The predicted molar refractivity (Wildman–Crippen MR) is 164 cm³/mol. The largest absolute Gasteiger partial charge is 0.573 e. The number of alkyl halides is 3. The van der Waals surface area contributed by atoms with E-state index in [4.69, 9.17) is 0 Å².